The molecule has 0 spiro atoms. The number of hydrogen-bond donors (Lipinski definition) is 3. The molecule has 0 saturated heterocycles. The van der Waals surface area contributed by atoms with Gasteiger partial charge in [0.2, 0.25) is 0 Å². The number of aliphatic carboxylic acids is 2. The average Bonchev–Trinajstić information content (AvgIpc) is 3.16. The first kappa shape index (κ1) is 39.5. The topological polar surface area (TPSA) is 168 Å². The zero-order valence-electron chi connectivity index (χ0n) is 24.9. The monoisotopic (exact) mass is 643 g/mol. The van der Waals surface area contributed by atoms with Crippen molar-refractivity contribution in [1.82, 2.24) is 19.2 Å². The molecule has 1 aromatic carbocycles. The number of carboxylic acids is 2. The van der Waals surface area contributed by atoms with E-state index in [0.717, 1.165) is 27.4 Å². The number of benzene rings is 1. The summed E-state index contributed by atoms with van der Waals surface area (Å²) in [6.07, 6.45) is -9.31. The van der Waals surface area contributed by atoms with Gasteiger partial charge in [-0.15, -0.1) is 0 Å². The van der Waals surface area contributed by atoms with Crippen molar-refractivity contribution in [2.24, 2.45) is 13.0 Å². The number of amides is 2. The van der Waals surface area contributed by atoms with Crippen molar-refractivity contribution in [1.29, 1.82) is 0 Å². The second kappa shape index (κ2) is 15.8. The van der Waals surface area contributed by atoms with Crippen molar-refractivity contribution in [3.8, 4) is 5.69 Å². The highest BCUT2D eigenvalue weighted by Crippen LogP contribution is 2.28. The van der Waals surface area contributed by atoms with E-state index < -0.39 is 53.7 Å². The van der Waals surface area contributed by atoms with E-state index >= 15 is 0 Å². The van der Waals surface area contributed by atoms with Gasteiger partial charge in [-0.3, -0.25) is 23.9 Å². The van der Waals surface area contributed by atoms with Crippen LogP contribution in [0.3, 0.4) is 0 Å². The van der Waals surface area contributed by atoms with Gasteiger partial charge in [0.15, 0.2) is 0 Å². The summed E-state index contributed by atoms with van der Waals surface area (Å²) in [4.78, 5) is 55.1. The summed E-state index contributed by atoms with van der Waals surface area (Å²) in [6, 6.07) is 6.00. The fourth-order valence-electron chi connectivity index (χ4n) is 3.27. The van der Waals surface area contributed by atoms with E-state index in [1.54, 1.807) is 37.3 Å². The molecule has 44 heavy (non-hydrogen) atoms. The maximum absolute atomic E-state index is 12.6. The molecular formula is C26H35F6N5O7. The Bertz CT molecular complexity index is 1360. The smallest absolute Gasteiger partial charge is 0.471 e. The highest BCUT2D eigenvalue weighted by Gasteiger charge is 2.44. The molecule has 2 rings (SSSR count). The molecule has 1 heterocycles. The molecule has 3 atom stereocenters. The van der Waals surface area contributed by atoms with Gasteiger partial charge in [0.05, 0.1) is 23.3 Å². The predicted molar refractivity (Wildman–Crippen MR) is 146 cm³/mol. The number of halogens is 6. The number of nitrogens with two attached hydrogens (primary N) is 1. The Balaban J connectivity index is 0.000000774. The van der Waals surface area contributed by atoms with Crippen LogP contribution in [0.1, 0.15) is 45.9 Å². The van der Waals surface area contributed by atoms with Crippen LogP contribution in [0.25, 0.3) is 5.69 Å². The van der Waals surface area contributed by atoms with Gasteiger partial charge in [-0.05, 0) is 32.4 Å². The summed E-state index contributed by atoms with van der Waals surface area (Å²) < 4.78 is 75.7. The van der Waals surface area contributed by atoms with Gasteiger partial charge in [0.1, 0.15) is 11.7 Å². The minimum Gasteiger partial charge on any atom is -0.481 e. The first-order valence-corrected chi connectivity index (χ1v) is 12.7. The van der Waals surface area contributed by atoms with Crippen LogP contribution in [0.5, 0.6) is 0 Å². The van der Waals surface area contributed by atoms with Gasteiger partial charge in [0, 0.05) is 21.1 Å². The molecule has 248 valence electrons. The zero-order valence-corrected chi connectivity index (χ0v) is 24.9. The number of hydrogen-bond acceptors (Lipinski definition) is 6. The lowest BCUT2D eigenvalue weighted by molar-refractivity contribution is -0.187. The Labute approximate surface area is 248 Å². The SMILES string of the molecule is CC(C(=O)O)N(C)C(=O)C(F)(F)F.CC(c1c(N)c(=O)n(-c2ccccc2)n1C)N(C)C(=O)C(F)(F)F.CCC(C)C(=O)O. The van der Waals surface area contributed by atoms with Gasteiger partial charge in [-0.1, -0.05) is 32.0 Å². The molecular weight excluding hydrogens is 608 g/mol. The van der Waals surface area contributed by atoms with Gasteiger partial charge in [-0.25, -0.2) is 9.48 Å². The lowest BCUT2D eigenvalue weighted by Crippen LogP contribution is -2.46. The highest BCUT2D eigenvalue weighted by molar-refractivity contribution is 5.86. The Morgan fingerprint density at radius 2 is 1.30 bits per heavy atom. The summed E-state index contributed by atoms with van der Waals surface area (Å²) >= 11 is 0. The Morgan fingerprint density at radius 1 is 0.864 bits per heavy atom. The first-order valence-electron chi connectivity index (χ1n) is 12.7. The number of nitrogens with zero attached hydrogens (tertiary/aromatic N) is 4. The molecule has 3 unspecified atom stereocenters. The zero-order chi connectivity index (χ0) is 34.9. The minimum atomic E-state index is -5.03. The molecule has 0 aliphatic carbocycles. The number of anilines is 1. The van der Waals surface area contributed by atoms with Crippen molar-refractivity contribution in [2.75, 3.05) is 19.8 Å². The first-order chi connectivity index (χ1) is 19.9. The van der Waals surface area contributed by atoms with E-state index in [0.29, 0.717) is 10.6 Å². The second-order valence-corrected chi connectivity index (χ2v) is 9.44. The maximum atomic E-state index is 12.6. The van der Waals surface area contributed by atoms with Crippen LogP contribution in [0.4, 0.5) is 32.0 Å². The summed E-state index contributed by atoms with van der Waals surface area (Å²) in [7, 11) is 3.31. The predicted octanol–water partition coefficient (Wildman–Crippen LogP) is 3.44. The van der Waals surface area contributed by atoms with Crippen molar-refractivity contribution in [2.45, 2.75) is 58.6 Å². The number of rotatable bonds is 7. The van der Waals surface area contributed by atoms with E-state index in [-0.39, 0.29) is 22.2 Å². The molecule has 1 aromatic heterocycles. The fraction of sp³-hybridized carbons (Fsp3) is 0.500. The van der Waals surface area contributed by atoms with E-state index in [4.69, 9.17) is 15.9 Å². The second-order valence-electron chi connectivity index (χ2n) is 9.44. The van der Waals surface area contributed by atoms with Gasteiger partial charge in [-0.2, -0.15) is 26.3 Å². The molecule has 2 aromatic rings. The Kier molecular flexibility index (Phi) is 14.2. The van der Waals surface area contributed by atoms with Crippen molar-refractivity contribution >= 4 is 29.4 Å². The molecule has 0 fully saturated rings. The quantitative estimate of drug-likeness (QED) is 0.386. The summed E-state index contributed by atoms with van der Waals surface area (Å²) in [5.74, 6) is -6.54. The van der Waals surface area contributed by atoms with Crippen LogP contribution in [-0.2, 0) is 26.2 Å². The summed E-state index contributed by atoms with van der Waals surface area (Å²) in [5, 5.41) is 16.5. The third-order valence-electron chi connectivity index (χ3n) is 6.42. The van der Waals surface area contributed by atoms with Crippen LogP contribution in [-0.4, -0.2) is 85.6 Å². The Morgan fingerprint density at radius 3 is 1.64 bits per heavy atom. The van der Waals surface area contributed by atoms with Crippen LogP contribution < -0.4 is 11.3 Å². The molecule has 4 N–H and O–H groups in total. The van der Waals surface area contributed by atoms with Gasteiger partial charge < -0.3 is 25.7 Å². The van der Waals surface area contributed by atoms with Crippen LogP contribution in [0.15, 0.2) is 35.1 Å². The summed E-state index contributed by atoms with van der Waals surface area (Å²) in [5.41, 5.74) is 5.70. The molecule has 2 amide bonds. The van der Waals surface area contributed by atoms with Crippen LogP contribution in [0.2, 0.25) is 0 Å². The lowest BCUT2D eigenvalue weighted by Gasteiger charge is -2.26. The van der Waals surface area contributed by atoms with Crippen molar-refractivity contribution in [3.63, 3.8) is 0 Å². The number of carbonyl (C=O) groups excluding carboxylic acids is 2. The number of carbonyl (C=O) groups is 4. The minimum absolute atomic E-state index is 0.127. The molecule has 18 heteroatoms. The van der Waals surface area contributed by atoms with E-state index in [1.165, 1.54) is 23.3 Å². The molecule has 0 radical (unpaired) electrons. The van der Waals surface area contributed by atoms with Gasteiger partial charge >= 0.3 is 36.1 Å². The molecule has 0 bridgehead atoms. The number of alkyl halides is 6. The number of para-hydroxylation sites is 1. The maximum Gasteiger partial charge on any atom is 0.471 e. The number of aromatic nitrogens is 2. The van der Waals surface area contributed by atoms with Gasteiger partial charge in [0.25, 0.3) is 5.56 Å². The number of likely N-dealkylation sites (N-methyl/N-ethyl adjacent to an activating group) is 1. The van der Waals surface area contributed by atoms with Crippen LogP contribution >= 0.6 is 0 Å². The standard InChI is InChI=1S/C15H17F3N4O2.C6H8F3NO3.C5H10O2/c1-9(20(2)14(24)15(16,17)18)12-11(19)13(23)22(21(12)3)10-7-5-4-6-8-10;1-3(4(11)12)10(2)5(13)6(7,8)9;1-3-4(2)5(6)7/h4-9H,19H2,1-3H3;3H,1-2H3,(H,11,12);4H,3H2,1-2H3,(H,6,7). The normalized spacial score (nSPS) is 13.2. The average molecular weight is 644 g/mol. The van der Waals surface area contributed by atoms with E-state index in [1.807, 2.05) is 6.92 Å². The van der Waals surface area contributed by atoms with E-state index in [2.05, 4.69) is 0 Å². The van der Waals surface area contributed by atoms with Crippen LogP contribution in [0, 0.1) is 5.92 Å². The lowest BCUT2D eigenvalue weighted by atomic mass is 10.1. The van der Waals surface area contributed by atoms with E-state index in [9.17, 15) is 50.3 Å². The third-order valence-corrected chi connectivity index (χ3v) is 6.42. The molecule has 0 aliphatic heterocycles. The summed E-state index contributed by atoms with van der Waals surface area (Å²) in [6.45, 7) is 5.93. The molecule has 0 aliphatic rings. The highest BCUT2D eigenvalue weighted by atomic mass is 19.4. The molecule has 12 nitrogen and oxygen atoms in total. The Hall–Kier alpha value is -4.51. The molecule has 0 saturated carbocycles. The van der Waals surface area contributed by atoms with Crippen molar-refractivity contribution < 1.29 is 55.7 Å². The largest absolute Gasteiger partial charge is 0.481 e. The third kappa shape index (κ3) is 10.3. The number of carboxylic acid groups (broad SMARTS) is 2. The number of nitrogen functional groups attached to an aromatic ring is 1. The van der Waals surface area contributed by atoms with Crippen molar-refractivity contribution in [3.05, 3.63) is 46.4 Å². The fourth-order valence-corrected chi connectivity index (χ4v) is 3.27.